The Morgan fingerprint density at radius 2 is 1.55 bits per heavy atom. The molecule has 0 spiro atoms. The van der Waals surface area contributed by atoms with E-state index in [9.17, 15) is 18.4 Å². The van der Waals surface area contributed by atoms with E-state index in [-0.39, 0.29) is 36.9 Å². The molecule has 3 N–H and O–H groups in total. The molecule has 3 aromatic carbocycles. The number of halogens is 4. The summed E-state index contributed by atoms with van der Waals surface area (Å²) in [4.78, 5) is 28.0. The lowest BCUT2D eigenvalue weighted by Crippen LogP contribution is -2.31. The van der Waals surface area contributed by atoms with Crippen molar-refractivity contribution < 1.29 is 47.0 Å². The number of nitrogens with two attached hydrogens (primary N) is 1. The molecule has 0 saturated heterocycles. The molecule has 6 rings (SSSR count). The van der Waals surface area contributed by atoms with Crippen molar-refractivity contribution in [2.45, 2.75) is 63.4 Å². The summed E-state index contributed by atoms with van der Waals surface area (Å²) in [6, 6.07) is 20.2. The average Bonchev–Trinajstić information content (AvgIpc) is 3.88. The van der Waals surface area contributed by atoms with Crippen LogP contribution in [0.2, 0.25) is 10.0 Å². The molecule has 0 bridgehead atoms. The van der Waals surface area contributed by atoms with Crippen LogP contribution < -0.4 is 20.2 Å². The number of pyridine rings is 1. The van der Waals surface area contributed by atoms with Crippen LogP contribution >= 0.6 is 23.2 Å². The van der Waals surface area contributed by atoms with Gasteiger partial charge < -0.3 is 29.4 Å². The first-order valence-corrected chi connectivity index (χ1v) is 17.4. The predicted octanol–water partition coefficient (Wildman–Crippen LogP) is 8.45. The number of alkyl halides is 2. The number of H-pyrrole nitrogens is 1. The van der Waals surface area contributed by atoms with Gasteiger partial charge in [-0.1, -0.05) is 77.8 Å². The molecule has 0 radical (unpaired) electrons. The molecule has 4 aromatic rings. The zero-order valence-electron chi connectivity index (χ0n) is 27.5. The van der Waals surface area contributed by atoms with Gasteiger partial charge in [-0.25, -0.2) is 9.78 Å². The lowest BCUT2D eigenvalue weighted by Gasteiger charge is -2.25. The van der Waals surface area contributed by atoms with E-state index >= 15 is 0 Å². The normalized spacial score (nSPS) is 14.8. The lowest BCUT2D eigenvalue weighted by molar-refractivity contribution is -0.377. The van der Waals surface area contributed by atoms with Crippen molar-refractivity contribution in [1.82, 2.24) is 0 Å². The minimum Gasteiger partial charge on any atom is -0.489 e. The SMILES string of the molecule is NC(=O)OC(OCCCCC(=O)O[C@@H](Cc1c(Cl)c[nH+]cc1Cl)c1ccc(OC(F)F)c(OCC2CC2)c1)C1c2ccccc2-c2ccccc21. The van der Waals surface area contributed by atoms with Crippen molar-refractivity contribution in [3.63, 3.8) is 0 Å². The first-order valence-electron chi connectivity index (χ1n) is 16.7. The van der Waals surface area contributed by atoms with Gasteiger partial charge in [-0.05, 0) is 71.6 Å². The fourth-order valence-corrected chi connectivity index (χ4v) is 6.73. The zero-order valence-corrected chi connectivity index (χ0v) is 29.0. The van der Waals surface area contributed by atoms with Crippen LogP contribution in [0, 0.1) is 5.92 Å². The Morgan fingerprint density at radius 1 is 0.882 bits per heavy atom. The molecule has 51 heavy (non-hydrogen) atoms. The molecule has 0 aliphatic heterocycles. The molecule has 1 saturated carbocycles. The van der Waals surface area contributed by atoms with Crippen LogP contribution in [0.15, 0.2) is 79.1 Å². The summed E-state index contributed by atoms with van der Waals surface area (Å²) >= 11 is 12.9. The molecule has 1 amide bonds. The number of primary amides is 1. The van der Waals surface area contributed by atoms with Crippen LogP contribution in [-0.2, 0) is 25.4 Å². The van der Waals surface area contributed by atoms with E-state index in [2.05, 4.69) is 4.98 Å². The van der Waals surface area contributed by atoms with Gasteiger partial charge in [0.1, 0.15) is 16.1 Å². The first kappa shape index (κ1) is 36.3. The molecule has 1 heterocycles. The monoisotopic (exact) mass is 741 g/mol. The standard InChI is InChI=1S/C38H36Cl2F2N2O7/c39-29-19-44-20-30(40)28(29)18-32(23-14-15-31(50-37(41)42)33(17-23)48-21-22-12-13-22)49-34(45)11-5-6-16-47-36(51-38(43)46)35-26-9-3-1-7-24(26)25-8-2-4-10-27(25)35/h1-4,7-10,14-15,17,19-20,22,32,35-37H,5-6,11-13,16,18,21H2,(H2,43,46)/p+1/t32-,36?/m0/s1. The number of carbonyl (C=O) groups excluding carboxylic acids is 2. The molecule has 9 nitrogen and oxygen atoms in total. The Hall–Kier alpha value is -4.45. The smallest absolute Gasteiger partial charge is 0.406 e. The highest BCUT2D eigenvalue weighted by Crippen LogP contribution is 2.47. The number of aromatic nitrogens is 1. The molecule has 1 fully saturated rings. The summed E-state index contributed by atoms with van der Waals surface area (Å²) in [5.74, 6) is -0.525. The summed E-state index contributed by atoms with van der Waals surface area (Å²) < 4.78 is 54.4. The highest BCUT2D eigenvalue weighted by atomic mass is 35.5. The fraction of sp³-hybridized carbons (Fsp3) is 0.342. The maximum atomic E-state index is 13.3. The molecular weight excluding hydrogens is 705 g/mol. The third kappa shape index (κ3) is 9.27. The van der Waals surface area contributed by atoms with Crippen molar-refractivity contribution in [2.24, 2.45) is 11.7 Å². The highest BCUT2D eigenvalue weighted by Gasteiger charge is 2.37. The molecule has 1 unspecified atom stereocenters. The number of ether oxygens (including phenoxy) is 5. The van der Waals surface area contributed by atoms with Crippen LogP contribution in [0.1, 0.15) is 66.4 Å². The number of hydrogen-bond donors (Lipinski definition) is 1. The number of hydrogen-bond acceptors (Lipinski definition) is 7. The van der Waals surface area contributed by atoms with Gasteiger partial charge in [-0.3, -0.25) is 4.79 Å². The maximum Gasteiger partial charge on any atom is 0.406 e. The quantitative estimate of drug-likeness (QED) is 0.0655. The Morgan fingerprint density at radius 3 is 2.18 bits per heavy atom. The van der Waals surface area contributed by atoms with Crippen molar-refractivity contribution >= 4 is 35.3 Å². The summed E-state index contributed by atoms with van der Waals surface area (Å²) in [6.45, 7) is -2.51. The molecule has 268 valence electrons. The van der Waals surface area contributed by atoms with Crippen LogP contribution in [0.25, 0.3) is 11.1 Å². The van der Waals surface area contributed by atoms with E-state index < -0.39 is 31.1 Å². The Labute approximate surface area is 303 Å². The summed E-state index contributed by atoms with van der Waals surface area (Å²) in [5, 5.41) is 0.674. The van der Waals surface area contributed by atoms with Crippen LogP contribution in [-0.4, -0.2) is 38.2 Å². The van der Waals surface area contributed by atoms with Gasteiger partial charge in [-0.15, -0.1) is 0 Å². The number of esters is 1. The first-order chi connectivity index (χ1) is 24.7. The topological polar surface area (TPSA) is 120 Å². The number of aromatic amines is 1. The minimum atomic E-state index is -3.04. The van der Waals surface area contributed by atoms with E-state index in [0.29, 0.717) is 46.5 Å². The van der Waals surface area contributed by atoms with Crippen molar-refractivity contribution in [1.29, 1.82) is 0 Å². The van der Waals surface area contributed by atoms with E-state index in [0.717, 1.165) is 35.1 Å². The van der Waals surface area contributed by atoms with Crippen LogP contribution in [0.5, 0.6) is 11.5 Å². The fourth-order valence-electron chi connectivity index (χ4n) is 6.20. The average molecular weight is 743 g/mol. The molecule has 2 aliphatic carbocycles. The second-order valence-electron chi connectivity index (χ2n) is 12.4. The minimum absolute atomic E-state index is 0.0396. The number of amides is 1. The van der Waals surface area contributed by atoms with E-state index in [1.54, 1.807) is 24.5 Å². The number of unbranched alkanes of at least 4 members (excludes halogenated alkanes) is 1. The van der Waals surface area contributed by atoms with Gasteiger partial charge >= 0.3 is 18.7 Å². The lowest BCUT2D eigenvalue weighted by atomic mass is 9.96. The van der Waals surface area contributed by atoms with Crippen LogP contribution in [0.4, 0.5) is 13.6 Å². The van der Waals surface area contributed by atoms with E-state index in [1.807, 2.05) is 48.5 Å². The van der Waals surface area contributed by atoms with Gasteiger partial charge in [-0.2, -0.15) is 8.78 Å². The van der Waals surface area contributed by atoms with Crippen LogP contribution in [0.3, 0.4) is 0 Å². The van der Waals surface area contributed by atoms with Gasteiger partial charge in [0.15, 0.2) is 23.9 Å². The van der Waals surface area contributed by atoms with Crippen molar-refractivity contribution in [3.8, 4) is 22.6 Å². The molecule has 1 aromatic heterocycles. The number of nitrogens with one attached hydrogen (secondary N) is 1. The Balaban J connectivity index is 1.11. The number of carbonyl (C=O) groups is 2. The highest BCUT2D eigenvalue weighted by molar-refractivity contribution is 6.35. The van der Waals surface area contributed by atoms with Gasteiger partial charge in [0.25, 0.3) is 0 Å². The number of fused-ring (bicyclic) bond motifs is 3. The molecule has 2 aliphatic rings. The maximum absolute atomic E-state index is 13.3. The summed E-state index contributed by atoms with van der Waals surface area (Å²) in [6.07, 6.45) is 3.28. The van der Waals surface area contributed by atoms with Crippen molar-refractivity contribution in [2.75, 3.05) is 13.2 Å². The Kier molecular flexibility index (Phi) is 11.9. The van der Waals surface area contributed by atoms with Gasteiger partial charge in [0.05, 0.1) is 19.1 Å². The second kappa shape index (κ2) is 16.7. The third-order valence-corrected chi connectivity index (χ3v) is 9.51. The van der Waals surface area contributed by atoms with E-state index in [4.69, 9.17) is 52.6 Å². The van der Waals surface area contributed by atoms with E-state index in [1.165, 1.54) is 6.07 Å². The second-order valence-corrected chi connectivity index (χ2v) is 13.3. The number of benzene rings is 3. The third-order valence-electron chi connectivity index (χ3n) is 8.83. The van der Waals surface area contributed by atoms with Gasteiger partial charge in [0.2, 0.25) is 6.29 Å². The largest absolute Gasteiger partial charge is 0.489 e. The molecule has 13 heteroatoms. The summed E-state index contributed by atoms with van der Waals surface area (Å²) in [7, 11) is 0. The molecular formula is C38H37Cl2F2N2O7+. The Bertz CT molecular complexity index is 1790. The summed E-state index contributed by atoms with van der Waals surface area (Å²) in [5.41, 5.74) is 10.5. The molecule has 2 atom stereocenters. The van der Waals surface area contributed by atoms with Crippen molar-refractivity contribution in [3.05, 3.63) is 111 Å². The predicted molar refractivity (Wildman–Crippen MR) is 185 cm³/mol. The van der Waals surface area contributed by atoms with Gasteiger partial charge in [0, 0.05) is 18.4 Å². The number of rotatable bonds is 17. The zero-order chi connectivity index (χ0) is 35.9.